The number of thiazole rings is 1. The Morgan fingerprint density at radius 3 is 2.57 bits per heavy atom. The number of hydrogen-bond donors (Lipinski definition) is 1. The van der Waals surface area contributed by atoms with Crippen LogP contribution in [0, 0.1) is 5.92 Å². The molecule has 1 aliphatic rings. The number of rotatable bonds is 3. The Morgan fingerprint density at radius 2 is 1.95 bits per heavy atom. The van der Waals surface area contributed by atoms with Crippen molar-refractivity contribution in [3.05, 3.63) is 35.5 Å². The van der Waals surface area contributed by atoms with Crippen molar-refractivity contribution in [1.29, 1.82) is 0 Å². The second-order valence-electron chi connectivity index (χ2n) is 5.11. The number of carboxylic acids is 1. The molecule has 1 N–H and O–H groups in total. The number of benzene rings is 1. The number of nitrogens with zero attached hydrogens (tertiary/aromatic N) is 2. The highest BCUT2D eigenvalue weighted by atomic mass is 35.5. The second-order valence-corrected chi connectivity index (χ2v) is 6.56. The van der Waals surface area contributed by atoms with Crippen molar-refractivity contribution in [2.24, 2.45) is 5.92 Å². The molecule has 6 heteroatoms. The minimum absolute atomic E-state index is 0.211. The highest BCUT2D eigenvalue weighted by molar-refractivity contribution is 7.18. The van der Waals surface area contributed by atoms with Gasteiger partial charge < -0.3 is 10.0 Å². The summed E-state index contributed by atoms with van der Waals surface area (Å²) in [6.45, 7) is 1.51. The first-order chi connectivity index (χ1) is 10.1. The molecule has 1 saturated heterocycles. The quantitative estimate of drug-likeness (QED) is 0.934. The van der Waals surface area contributed by atoms with Crippen molar-refractivity contribution in [3.8, 4) is 10.4 Å². The van der Waals surface area contributed by atoms with Crippen molar-refractivity contribution in [3.63, 3.8) is 0 Å². The van der Waals surface area contributed by atoms with Crippen LogP contribution in [0.25, 0.3) is 10.4 Å². The summed E-state index contributed by atoms with van der Waals surface area (Å²) in [5, 5.41) is 10.7. The predicted molar refractivity (Wildman–Crippen MR) is 85.1 cm³/mol. The predicted octanol–water partition coefficient (Wildman–Crippen LogP) is 3.76. The molecule has 2 heterocycles. The summed E-state index contributed by atoms with van der Waals surface area (Å²) in [7, 11) is 0. The highest BCUT2D eigenvalue weighted by Gasteiger charge is 2.25. The number of piperidine rings is 1. The van der Waals surface area contributed by atoms with Gasteiger partial charge in [-0.1, -0.05) is 35.1 Å². The molecular weight excluding hydrogens is 308 g/mol. The normalized spacial score (nSPS) is 16.1. The SMILES string of the molecule is O=C(O)C1CCN(c2ncc(-c3ccc(Cl)cc3)s2)CC1. The van der Waals surface area contributed by atoms with Gasteiger partial charge in [0.1, 0.15) is 0 Å². The van der Waals surface area contributed by atoms with E-state index in [0.29, 0.717) is 12.8 Å². The van der Waals surface area contributed by atoms with Crippen molar-refractivity contribution in [1.82, 2.24) is 4.98 Å². The van der Waals surface area contributed by atoms with Crippen LogP contribution in [0.1, 0.15) is 12.8 Å². The van der Waals surface area contributed by atoms with Gasteiger partial charge in [-0.05, 0) is 30.5 Å². The summed E-state index contributed by atoms with van der Waals surface area (Å²) in [6, 6.07) is 7.70. The Bertz CT molecular complexity index is 633. The molecule has 0 amide bonds. The standard InChI is InChI=1S/C15H15ClN2O2S/c16-12-3-1-10(2-4-12)13-9-17-15(21-13)18-7-5-11(6-8-18)14(19)20/h1-4,9,11H,5-8H2,(H,19,20). The van der Waals surface area contributed by atoms with Gasteiger partial charge in [0, 0.05) is 24.3 Å². The van der Waals surface area contributed by atoms with E-state index in [-0.39, 0.29) is 5.92 Å². The van der Waals surface area contributed by atoms with Crippen LogP contribution in [0.4, 0.5) is 5.13 Å². The maximum Gasteiger partial charge on any atom is 0.306 e. The lowest BCUT2D eigenvalue weighted by Crippen LogP contribution is -2.36. The van der Waals surface area contributed by atoms with Gasteiger partial charge in [-0.3, -0.25) is 4.79 Å². The van der Waals surface area contributed by atoms with E-state index in [2.05, 4.69) is 9.88 Å². The smallest absolute Gasteiger partial charge is 0.306 e. The number of hydrogen-bond acceptors (Lipinski definition) is 4. The first-order valence-electron chi connectivity index (χ1n) is 6.83. The maximum absolute atomic E-state index is 11.0. The second kappa shape index (κ2) is 6.03. The molecule has 0 saturated carbocycles. The Kier molecular flexibility index (Phi) is 4.12. The van der Waals surface area contributed by atoms with E-state index >= 15 is 0 Å². The molecule has 3 rings (SSSR count). The van der Waals surface area contributed by atoms with E-state index < -0.39 is 5.97 Å². The first kappa shape index (κ1) is 14.4. The third kappa shape index (κ3) is 3.19. The lowest BCUT2D eigenvalue weighted by molar-refractivity contribution is -0.142. The zero-order valence-corrected chi connectivity index (χ0v) is 12.9. The molecule has 0 spiro atoms. The number of halogens is 1. The average molecular weight is 323 g/mol. The number of carboxylic acid groups (broad SMARTS) is 1. The minimum atomic E-state index is -0.685. The molecule has 110 valence electrons. The van der Waals surface area contributed by atoms with Gasteiger partial charge in [0.05, 0.1) is 10.8 Å². The van der Waals surface area contributed by atoms with Gasteiger partial charge in [-0.2, -0.15) is 0 Å². The van der Waals surface area contributed by atoms with E-state index in [0.717, 1.165) is 33.7 Å². The van der Waals surface area contributed by atoms with E-state index in [1.165, 1.54) is 0 Å². The zero-order chi connectivity index (χ0) is 14.8. The van der Waals surface area contributed by atoms with E-state index in [1.807, 2.05) is 30.5 Å². The van der Waals surface area contributed by atoms with Gasteiger partial charge in [-0.15, -0.1) is 0 Å². The molecule has 1 aromatic heterocycles. The van der Waals surface area contributed by atoms with Crippen LogP contribution in [0.3, 0.4) is 0 Å². The number of aliphatic carboxylic acids is 1. The third-order valence-corrected chi connectivity index (χ3v) is 5.10. The van der Waals surface area contributed by atoms with Crippen molar-refractivity contribution >= 4 is 34.0 Å². The lowest BCUT2D eigenvalue weighted by atomic mass is 9.98. The summed E-state index contributed by atoms with van der Waals surface area (Å²) in [5.74, 6) is -0.896. The van der Waals surface area contributed by atoms with E-state index in [9.17, 15) is 4.79 Å². The lowest BCUT2D eigenvalue weighted by Gasteiger charge is -2.29. The molecule has 1 aromatic carbocycles. The fourth-order valence-corrected chi connectivity index (χ4v) is 3.58. The maximum atomic E-state index is 11.0. The largest absolute Gasteiger partial charge is 0.481 e. The number of anilines is 1. The molecule has 21 heavy (non-hydrogen) atoms. The Labute approximate surface area is 132 Å². The number of aromatic nitrogens is 1. The van der Waals surface area contributed by atoms with Crippen LogP contribution >= 0.6 is 22.9 Å². The minimum Gasteiger partial charge on any atom is -0.481 e. The molecule has 0 aliphatic carbocycles. The molecule has 1 fully saturated rings. The van der Waals surface area contributed by atoms with E-state index in [4.69, 9.17) is 16.7 Å². The monoisotopic (exact) mass is 322 g/mol. The average Bonchev–Trinajstić information content (AvgIpc) is 2.98. The summed E-state index contributed by atoms with van der Waals surface area (Å²) in [5.41, 5.74) is 1.10. The number of carbonyl (C=O) groups is 1. The molecule has 0 radical (unpaired) electrons. The molecule has 2 aromatic rings. The molecule has 4 nitrogen and oxygen atoms in total. The topological polar surface area (TPSA) is 53.4 Å². The van der Waals surface area contributed by atoms with Crippen LogP contribution < -0.4 is 4.90 Å². The first-order valence-corrected chi connectivity index (χ1v) is 8.02. The van der Waals surface area contributed by atoms with Crippen molar-refractivity contribution < 1.29 is 9.90 Å². The Hall–Kier alpha value is -1.59. The van der Waals surface area contributed by atoms with Crippen LogP contribution in [-0.2, 0) is 4.79 Å². The summed E-state index contributed by atoms with van der Waals surface area (Å²) < 4.78 is 0. The van der Waals surface area contributed by atoms with Crippen LogP contribution in [-0.4, -0.2) is 29.1 Å². The zero-order valence-electron chi connectivity index (χ0n) is 11.3. The van der Waals surface area contributed by atoms with E-state index in [1.54, 1.807) is 11.3 Å². The van der Waals surface area contributed by atoms with Gasteiger partial charge in [-0.25, -0.2) is 4.98 Å². The van der Waals surface area contributed by atoms with Gasteiger partial charge >= 0.3 is 5.97 Å². The Balaban J connectivity index is 1.71. The van der Waals surface area contributed by atoms with Crippen LogP contribution in [0.15, 0.2) is 30.5 Å². The van der Waals surface area contributed by atoms with Crippen LogP contribution in [0.2, 0.25) is 5.02 Å². The van der Waals surface area contributed by atoms with Crippen molar-refractivity contribution in [2.75, 3.05) is 18.0 Å². The fourth-order valence-electron chi connectivity index (χ4n) is 2.48. The summed E-state index contributed by atoms with van der Waals surface area (Å²) >= 11 is 7.53. The van der Waals surface area contributed by atoms with Crippen molar-refractivity contribution in [2.45, 2.75) is 12.8 Å². The summed E-state index contributed by atoms with van der Waals surface area (Å²) in [6.07, 6.45) is 3.24. The van der Waals surface area contributed by atoms with Crippen LogP contribution in [0.5, 0.6) is 0 Å². The van der Waals surface area contributed by atoms with Gasteiger partial charge in [0.25, 0.3) is 0 Å². The van der Waals surface area contributed by atoms with Gasteiger partial charge in [0.15, 0.2) is 5.13 Å². The molecule has 0 unspecified atom stereocenters. The van der Waals surface area contributed by atoms with Gasteiger partial charge in [0.2, 0.25) is 0 Å². The molecule has 0 atom stereocenters. The highest BCUT2D eigenvalue weighted by Crippen LogP contribution is 2.33. The summed E-state index contributed by atoms with van der Waals surface area (Å²) in [4.78, 5) is 18.7. The fraction of sp³-hybridized carbons (Fsp3) is 0.333. The Morgan fingerprint density at radius 1 is 1.29 bits per heavy atom. The third-order valence-electron chi connectivity index (χ3n) is 3.74. The molecule has 0 bridgehead atoms. The molecule has 1 aliphatic heterocycles. The molecular formula is C15H15ClN2O2S.